The Hall–Kier alpha value is -2.49. The van der Waals surface area contributed by atoms with Crippen LogP contribution in [0.3, 0.4) is 0 Å². The second-order valence-electron chi connectivity index (χ2n) is 6.40. The summed E-state index contributed by atoms with van der Waals surface area (Å²) in [7, 11) is 0. The average Bonchev–Trinajstić information content (AvgIpc) is 2.93. The highest BCUT2D eigenvalue weighted by molar-refractivity contribution is 7.14. The van der Waals surface area contributed by atoms with Crippen molar-refractivity contribution in [2.75, 3.05) is 38.2 Å². The number of rotatable bonds is 4. The molecular formula is C18H20N6O2S. The maximum Gasteiger partial charge on any atom is 0.239 e. The molecule has 0 bridgehead atoms. The number of fused-ring (bicyclic) bond motifs is 1. The lowest BCUT2D eigenvalue weighted by Crippen LogP contribution is -2.35. The molecule has 1 amide bonds. The molecular weight excluding hydrogens is 364 g/mol. The summed E-state index contributed by atoms with van der Waals surface area (Å²) < 4.78 is 5.42. The minimum absolute atomic E-state index is 0.0763. The Bertz CT molecular complexity index is 952. The molecule has 0 unspecified atom stereocenters. The van der Waals surface area contributed by atoms with Gasteiger partial charge in [-0.05, 0) is 25.5 Å². The van der Waals surface area contributed by atoms with Crippen LogP contribution in [0.2, 0.25) is 0 Å². The van der Waals surface area contributed by atoms with Gasteiger partial charge in [-0.25, -0.2) is 4.98 Å². The Kier molecular flexibility index (Phi) is 5.33. The van der Waals surface area contributed by atoms with Crippen molar-refractivity contribution in [2.45, 2.75) is 13.3 Å². The van der Waals surface area contributed by atoms with Crippen LogP contribution in [0.15, 0.2) is 24.5 Å². The van der Waals surface area contributed by atoms with Crippen molar-refractivity contribution in [3.63, 3.8) is 0 Å². The molecule has 0 atom stereocenters. The standard InChI is InChI=1S/C18H20N6O2S/c1-12-22-23-18(27-12)14-7-13-8-16(20-10-15(13)19-9-14)21-17(25)11-24-3-2-5-26-6-4-24/h7-10H,2-6,11H2,1H3,(H,20,21,25). The number of carbonyl (C=O) groups is 1. The van der Waals surface area contributed by atoms with Crippen LogP contribution in [-0.4, -0.2) is 63.8 Å². The van der Waals surface area contributed by atoms with Crippen molar-refractivity contribution in [3.05, 3.63) is 29.5 Å². The number of carbonyl (C=O) groups excluding carboxylic acids is 1. The first-order valence-electron chi connectivity index (χ1n) is 8.83. The van der Waals surface area contributed by atoms with Crippen molar-refractivity contribution in [2.24, 2.45) is 0 Å². The molecule has 3 aromatic rings. The van der Waals surface area contributed by atoms with E-state index in [9.17, 15) is 4.79 Å². The van der Waals surface area contributed by atoms with Gasteiger partial charge in [0.2, 0.25) is 5.91 Å². The zero-order valence-electron chi connectivity index (χ0n) is 15.0. The lowest BCUT2D eigenvalue weighted by Gasteiger charge is -2.18. The first-order valence-corrected chi connectivity index (χ1v) is 9.65. The highest BCUT2D eigenvalue weighted by Crippen LogP contribution is 2.26. The van der Waals surface area contributed by atoms with E-state index in [-0.39, 0.29) is 5.91 Å². The Morgan fingerprint density at radius 2 is 2.15 bits per heavy atom. The molecule has 1 N–H and O–H groups in total. The van der Waals surface area contributed by atoms with Crippen LogP contribution in [0, 0.1) is 6.92 Å². The fraction of sp³-hybridized carbons (Fsp3) is 0.389. The van der Waals surface area contributed by atoms with E-state index in [1.165, 1.54) is 11.3 Å². The Morgan fingerprint density at radius 1 is 1.22 bits per heavy atom. The maximum absolute atomic E-state index is 12.4. The molecule has 0 aliphatic carbocycles. The lowest BCUT2D eigenvalue weighted by molar-refractivity contribution is -0.117. The second kappa shape index (κ2) is 8.03. The van der Waals surface area contributed by atoms with Crippen LogP contribution < -0.4 is 5.32 Å². The fourth-order valence-electron chi connectivity index (χ4n) is 2.97. The zero-order chi connectivity index (χ0) is 18.6. The summed E-state index contributed by atoms with van der Waals surface area (Å²) in [5, 5.41) is 13.7. The topological polar surface area (TPSA) is 93.1 Å². The van der Waals surface area contributed by atoms with Crippen molar-refractivity contribution >= 4 is 34.0 Å². The normalized spacial score (nSPS) is 15.6. The van der Waals surface area contributed by atoms with E-state index in [0.717, 1.165) is 52.6 Å². The van der Waals surface area contributed by atoms with Gasteiger partial charge in [-0.2, -0.15) is 0 Å². The molecule has 1 aliphatic rings. The third-order valence-corrected chi connectivity index (χ3v) is 5.18. The van der Waals surface area contributed by atoms with Crippen molar-refractivity contribution in [1.29, 1.82) is 0 Å². The third-order valence-electron chi connectivity index (χ3n) is 4.29. The van der Waals surface area contributed by atoms with Gasteiger partial charge in [-0.15, -0.1) is 10.2 Å². The monoisotopic (exact) mass is 384 g/mol. The highest BCUT2D eigenvalue weighted by atomic mass is 32.1. The summed E-state index contributed by atoms with van der Waals surface area (Å²) in [5.74, 6) is 0.443. The van der Waals surface area contributed by atoms with E-state index in [1.54, 1.807) is 12.4 Å². The van der Waals surface area contributed by atoms with Crippen LogP contribution in [0.5, 0.6) is 0 Å². The largest absolute Gasteiger partial charge is 0.380 e. The predicted octanol–water partition coefficient (Wildman–Crippen LogP) is 2.12. The van der Waals surface area contributed by atoms with Gasteiger partial charge < -0.3 is 10.1 Å². The van der Waals surface area contributed by atoms with Gasteiger partial charge in [0.05, 0.1) is 24.9 Å². The second-order valence-corrected chi connectivity index (χ2v) is 7.58. The molecule has 4 heterocycles. The molecule has 0 saturated carbocycles. The van der Waals surface area contributed by atoms with Gasteiger partial charge in [-0.3, -0.25) is 14.7 Å². The molecule has 9 heteroatoms. The SMILES string of the molecule is Cc1nnc(-c2cnc3cnc(NC(=O)CN4CCCOCC4)cc3c2)s1. The van der Waals surface area contributed by atoms with Crippen molar-refractivity contribution in [3.8, 4) is 10.6 Å². The van der Waals surface area contributed by atoms with Gasteiger partial charge in [0.25, 0.3) is 0 Å². The highest BCUT2D eigenvalue weighted by Gasteiger charge is 2.14. The smallest absolute Gasteiger partial charge is 0.239 e. The summed E-state index contributed by atoms with van der Waals surface area (Å²) in [4.78, 5) is 23.2. The van der Waals surface area contributed by atoms with Gasteiger partial charge >= 0.3 is 0 Å². The third kappa shape index (κ3) is 4.44. The summed E-state index contributed by atoms with van der Waals surface area (Å²) in [6.45, 7) is 5.32. The Labute approximate surface area is 160 Å². The van der Waals surface area contributed by atoms with Crippen LogP contribution in [0.25, 0.3) is 21.5 Å². The molecule has 0 aromatic carbocycles. The molecule has 27 heavy (non-hydrogen) atoms. The molecule has 1 aliphatic heterocycles. The van der Waals surface area contributed by atoms with Gasteiger partial charge in [0, 0.05) is 36.8 Å². The summed E-state index contributed by atoms with van der Waals surface area (Å²) in [5.41, 5.74) is 1.67. The number of nitrogens with one attached hydrogen (secondary N) is 1. The minimum Gasteiger partial charge on any atom is -0.380 e. The fourth-order valence-corrected chi connectivity index (χ4v) is 3.64. The number of anilines is 1. The Balaban J connectivity index is 1.49. The number of hydrogen-bond acceptors (Lipinski definition) is 8. The summed E-state index contributed by atoms with van der Waals surface area (Å²) in [6.07, 6.45) is 4.38. The molecule has 140 valence electrons. The minimum atomic E-state index is -0.0763. The van der Waals surface area contributed by atoms with Crippen LogP contribution in [0.4, 0.5) is 5.82 Å². The van der Waals surface area contributed by atoms with E-state index in [1.807, 2.05) is 19.1 Å². The van der Waals surface area contributed by atoms with Crippen LogP contribution >= 0.6 is 11.3 Å². The first kappa shape index (κ1) is 17.9. The first-order chi connectivity index (χ1) is 13.2. The molecule has 4 rings (SSSR count). The van der Waals surface area contributed by atoms with E-state index in [4.69, 9.17) is 4.74 Å². The number of aryl methyl sites for hydroxylation is 1. The zero-order valence-corrected chi connectivity index (χ0v) is 15.8. The molecule has 1 fully saturated rings. The number of aromatic nitrogens is 4. The number of ether oxygens (including phenoxy) is 1. The lowest BCUT2D eigenvalue weighted by atomic mass is 10.2. The predicted molar refractivity (Wildman–Crippen MR) is 104 cm³/mol. The number of hydrogen-bond donors (Lipinski definition) is 1. The van der Waals surface area contributed by atoms with Gasteiger partial charge in [0.1, 0.15) is 15.8 Å². The molecule has 0 spiro atoms. The van der Waals surface area contributed by atoms with Crippen molar-refractivity contribution < 1.29 is 9.53 Å². The van der Waals surface area contributed by atoms with E-state index >= 15 is 0 Å². The Morgan fingerprint density at radius 3 is 3.00 bits per heavy atom. The van der Waals surface area contributed by atoms with E-state index in [0.29, 0.717) is 19.0 Å². The maximum atomic E-state index is 12.4. The quantitative estimate of drug-likeness (QED) is 0.736. The summed E-state index contributed by atoms with van der Waals surface area (Å²) >= 11 is 1.52. The molecule has 3 aromatic heterocycles. The molecule has 8 nitrogen and oxygen atoms in total. The van der Waals surface area contributed by atoms with Crippen LogP contribution in [0.1, 0.15) is 11.4 Å². The number of amides is 1. The van der Waals surface area contributed by atoms with Gasteiger partial charge in [0.15, 0.2) is 0 Å². The molecule has 0 radical (unpaired) electrons. The molecule has 1 saturated heterocycles. The average molecular weight is 384 g/mol. The van der Waals surface area contributed by atoms with Crippen molar-refractivity contribution in [1.82, 2.24) is 25.1 Å². The number of nitrogens with zero attached hydrogens (tertiary/aromatic N) is 5. The van der Waals surface area contributed by atoms with Gasteiger partial charge in [-0.1, -0.05) is 11.3 Å². The number of pyridine rings is 2. The van der Waals surface area contributed by atoms with Crippen LogP contribution in [-0.2, 0) is 9.53 Å². The van der Waals surface area contributed by atoms with E-state index < -0.39 is 0 Å². The summed E-state index contributed by atoms with van der Waals surface area (Å²) in [6, 6.07) is 3.83. The van der Waals surface area contributed by atoms with E-state index in [2.05, 4.69) is 30.4 Å².